The molecule has 0 aliphatic rings. The normalized spacial score (nSPS) is 13.2. The Morgan fingerprint density at radius 1 is 0.962 bits per heavy atom. The largest absolute Gasteiger partial charge is 0.466 e. The van der Waals surface area contributed by atoms with Gasteiger partial charge < -0.3 is 9.52 Å². The first-order valence-corrected chi connectivity index (χ1v) is 10.3. The van der Waals surface area contributed by atoms with Crippen molar-refractivity contribution >= 4 is 10.0 Å². The molecule has 1 aromatic carbocycles. The number of sulfonamides is 1. The van der Waals surface area contributed by atoms with E-state index in [9.17, 15) is 13.5 Å². The zero-order valence-electron chi connectivity index (χ0n) is 16.6. The average molecular weight is 380 g/mol. The van der Waals surface area contributed by atoms with E-state index in [1.54, 1.807) is 13.0 Å². The van der Waals surface area contributed by atoms with Gasteiger partial charge in [0.1, 0.15) is 11.5 Å². The number of furan rings is 1. The summed E-state index contributed by atoms with van der Waals surface area (Å²) in [4.78, 5) is 0.350. The van der Waals surface area contributed by atoms with Crippen LogP contribution in [0.5, 0.6) is 0 Å². The second kappa shape index (κ2) is 7.55. The minimum Gasteiger partial charge on any atom is -0.466 e. The Kier molecular flexibility index (Phi) is 6.00. The molecular formula is C20H29NO4S. The minimum atomic E-state index is -3.65. The molecule has 6 heteroatoms. The van der Waals surface area contributed by atoms with Crippen LogP contribution in [0.1, 0.15) is 57.4 Å². The molecule has 0 bridgehead atoms. The third-order valence-corrected chi connectivity index (χ3v) is 7.08. The summed E-state index contributed by atoms with van der Waals surface area (Å²) < 4.78 is 33.8. The van der Waals surface area contributed by atoms with Gasteiger partial charge in [-0.3, -0.25) is 0 Å². The van der Waals surface area contributed by atoms with Crippen molar-refractivity contribution in [2.45, 2.75) is 65.9 Å². The summed E-state index contributed by atoms with van der Waals surface area (Å²) in [5.41, 5.74) is 5.38. The summed E-state index contributed by atoms with van der Waals surface area (Å²) in [5.74, 6) is 1.39. The number of aliphatic hydroxyl groups is 1. The van der Waals surface area contributed by atoms with Gasteiger partial charge in [0.15, 0.2) is 0 Å². The van der Waals surface area contributed by atoms with Crippen molar-refractivity contribution in [1.82, 2.24) is 4.72 Å². The molecule has 2 rings (SSSR count). The fourth-order valence-corrected chi connectivity index (χ4v) is 5.05. The van der Waals surface area contributed by atoms with Gasteiger partial charge in [0.05, 0.1) is 11.0 Å². The topological polar surface area (TPSA) is 79.5 Å². The number of nitrogens with one attached hydrogen (secondary N) is 1. The molecule has 1 atom stereocenters. The van der Waals surface area contributed by atoms with Crippen molar-refractivity contribution in [2.75, 3.05) is 6.54 Å². The number of hydrogen-bond acceptors (Lipinski definition) is 4. The lowest BCUT2D eigenvalue weighted by molar-refractivity contribution is 0.167. The molecular weight excluding hydrogens is 350 g/mol. The molecule has 5 nitrogen and oxygen atoms in total. The Morgan fingerprint density at radius 3 is 1.92 bits per heavy atom. The lowest BCUT2D eigenvalue weighted by atomic mass is 9.95. The summed E-state index contributed by atoms with van der Waals surface area (Å²) >= 11 is 0. The summed E-state index contributed by atoms with van der Waals surface area (Å²) in [5, 5.41) is 10.3. The molecule has 1 aromatic heterocycles. The Labute approximate surface area is 156 Å². The van der Waals surface area contributed by atoms with Crippen LogP contribution in [0.3, 0.4) is 0 Å². The third-order valence-electron chi connectivity index (χ3n) is 5.35. The zero-order valence-corrected chi connectivity index (χ0v) is 17.5. The summed E-state index contributed by atoms with van der Waals surface area (Å²) in [6, 6.07) is 1.79. The average Bonchev–Trinajstić information content (AvgIpc) is 2.89. The molecule has 1 heterocycles. The van der Waals surface area contributed by atoms with Gasteiger partial charge in [0.25, 0.3) is 0 Å². The monoisotopic (exact) mass is 379 g/mol. The van der Waals surface area contributed by atoms with Crippen LogP contribution in [0.15, 0.2) is 15.4 Å². The fourth-order valence-electron chi connectivity index (χ4n) is 3.41. The van der Waals surface area contributed by atoms with Crippen molar-refractivity contribution in [3.8, 4) is 0 Å². The maximum Gasteiger partial charge on any atom is 0.241 e. The Balaban J connectivity index is 2.19. The van der Waals surface area contributed by atoms with Crippen LogP contribution in [0.2, 0.25) is 0 Å². The highest BCUT2D eigenvalue weighted by Gasteiger charge is 2.24. The second-order valence-electron chi connectivity index (χ2n) is 7.02. The van der Waals surface area contributed by atoms with Gasteiger partial charge in [-0.2, -0.15) is 0 Å². The van der Waals surface area contributed by atoms with Crippen molar-refractivity contribution in [3.05, 3.63) is 51.0 Å². The SMILES string of the molecule is Cc1cc(C(O)CCNS(=O)(=O)c2c(C)c(C)c(C)c(C)c2C)c(C)o1. The second-order valence-corrected chi connectivity index (χ2v) is 8.73. The predicted octanol–water partition coefficient (Wildman–Crippen LogP) is 3.84. The number of aliphatic hydroxyl groups excluding tert-OH is 1. The lowest BCUT2D eigenvalue weighted by Crippen LogP contribution is -2.28. The van der Waals surface area contributed by atoms with Gasteiger partial charge in [0.2, 0.25) is 10.0 Å². The molecule has 26 heavy (non-hydrogen) atoms. The molecule has 0 saturated heterocycles. The van der Waals surface area contributed by atoms with E-state index < -0.39 is 16.1 Å². The molecule has 144 valence electrons. The van der Waals surface area contributed by atoms with Crippen LogP contribution in [0.25, 0.3) is 0 Å². The summed E-state index contributed by atoms with van der Waals surface area (Å²) in [6.07, 6.45) is -0.486. The van der Waals surface area contributed by atoms with Crippen LogP contribution < -0.4 is 4.72 Å². The maximum atomic E-state index is 12.9. The highest BCUT2D eigenvalue weighted by Crippen LogP contribution is 2.29. The highest BCUT2D eigenvalue weighted by atomic mass is 32.2. The first kappa shape index (κ1) is 20.7. The zero-order chi connectivity index (χ0) is 19.8. The van der Waals surface area contributed by atoms with E-state index in [-0.39, 0.29) is 13.0 Å². The maximum absolute atomic E-state index is 12.9. The van der Waals surface area contributed by atoms with Gasteiger partial charge in [-0.25, -0.2) is 13.1 Å². The van der Waals surface area contributed by atoms with Crippen molar-refractivity contribution < 1.29 is 17.9 Å². The van der Waals surface area contributed by atoms with Crippen molar-refractivity contribution in [2.24, 2.45) is 0 Å². The number of aryl methyl sites for hydroxylation is 2. The van der Waals surface area contributed by atoms with Crippen LogP contribution in [-0.4, -0.2) is 20.1 Å². The molecule has 0 spiro atoms. The van der Waals surface area contributed by atoms with Gasteiger partial charge >= 0.3 is 0 Å². The molecule has 2 aromatic rings. The van der Waals surface area contributed by atoms with Gasteiger partial charge in [0, 0.05) is 12.1 Å². The molecule has 0 fully saturated rings. The Bertz CT molecular complexity index is 897. The number of benzene rings is 1. The summed E-state index contributed by atoms with van der Waals surface area (Å²) in [6.45, 7) is 13.4. The molecule has 1 unspecified atom stereocenters. The minimum absolute atomic E-state index is 0.151. The number of hydrogen-bond donors (Lipinski definition) is 2. The Morgan fingerprint density at radius 2 is 1.46 bits per heavy atom. The third kappa shape index (κ3) is 3.87. The molecule has 0 saturated carbocycles. The van der Waals surface area contributed by atoms with Crippen LogP contribution in [-0.2, 0) is 10.0 Å². The lowest BCUT2D eigenvalue weighted by Gasteiger charge is -2.19. The number of rotatable bonds is 6. The van der Waals surface area contributed by atoms with E-state index >= 15 is 0 Å². The first-order valence-electron chi connectivity index (χ1n) is 8.79. The van der Waals surface area contributed by atoms with E-state index in [0.29, 0.717) is 16.2 Å². The van der Waals surface area contributed by atoms with E-state index in [2.05, 4.69) is 4.72 Å². The van der Waals surface area contributed by atoms with Crippen LogP contribution in [0.4, 0.5) is 0 Å². The van der Waals surface area contributed by atoms with Crippen molar-refractivity contribution in [3.63, 3.8) is 0 Å². The van der Waals surface area contributed by atoms with Crippen LogP contribution in [0, 0.1) is 48.5 Å². The van der Waals surface area contributed by atoms with E-state index in [1.807, 2.05) is 41.5 Å². The van der Waals surface area contributed by atoms with E-state index in [1.165, 1.54) is 0 Å². The molecule has 0 aliphatic heterocycles. The summed E-state index contributed by atoms with van der Waals surface area (Å²) in [7, 11) is -3.65. The first-order chi connectivity index (χ1) is 12.0. The molecule has 0 radical (unpaired) electrons. The van der Waals surface area contributed by atoms with Gasteiger partial charge in [-0.05, 0) is 88.8 Å². The van der Waals surface area contributed by atoms with E-state index in [0.717, 1.165) is 33.6 Å². The quantitative estimate of drug-likeness (QED) is 0.799. The standard InChI is InChI=1S/C20H29NO4S/c1-11-10-18(17(7)25-11)19(22)8-9-21-26(23,24)20-15(5)13(3)12(2)14(4)16(20)6/h10,19,21-22H,8-9H2,1-7H3. The molecule has 0 amide bonds. The van der Waals surface area contributed by atoms with E-state index in [4.69, 9.17) is 4.42 Å². The van der Waals surface area contributed by atoms with Crippen LogP contribution >= 0.6 is 0 Å². The highest BCUT2D eigenvalue weighted by molar-refractivity contribution is 7.89. The molecule has 2 N–H and O–H groups in total. The van der Waals surface area contributed by atoms with Gasteiger partial charge in [-0.1, -0.05) is 0 Å². The smallest absolute Gasteiger partial charge is 0.241 e. The fraction of sp³-hybridized carbons (Fsp3) is 0.500. The predicted molar refractivity (Wildman–Crippen MR) is 103 cm³/mol. The van der Waals surface area contributed by atoms with Crippen molar-refractivity contribution in [1.29, 1.82) is 0 Å². The Hall–Kier alpha value is -1.63. The molecule has 0 aliphatic carbocycles. The van der Waals surface area contributed by atoms with Gasteiger partial charge in [-0.15, -0.1) is 0 Å².